The van der Waals surface area contributed by atoms with E-state index < -0.39 is 0 Å². The second-order valence-corrected chi connectivity index (χ2v) is 4.92. The minimum Gasteiger partial charge on any atom is -0.378 e. The number of carbonyl (C=O) groups excluding carboxylic acids is 1. The van der Waals surface area contributed by atoms with Crippen LogP contribution in [0.25, 0.3) is 0 Å². The maximum atomic E-state index is 11.3. The fourth-order valence-corrected chi connectivity index (χ4v) is 2.13. The number of hydrogen-bond acceptors (Lipinski definition) is 2. The molecule has 0 saturated heterocycles. The lowest BCUT2D eigenvalue weighted by Gasteiger charge is -2.15. The minimum atomic E-state index is -0.0707. The van der Waals surface area contributed by atoms with Gasteiger partial charge in [0.2, 0.25) is 0 Å². The number of nitrogens with zero attached hydrogens (tertiary/aromatic N) is 1. The lowest BCUT2D eigenvalue weighted by Crippen LogP contribution is -2.09. The van der Waals surface area contributed by atoms with Gasteiger partial charge in [0.05, 0.1) is 0 Å². The van der Waals surface area contributed by atoms with Crippen molar-refractivity contribution in [1.29, 1.82) is 0 Å². The van der Waals surface area contributed by atoms with Crippen LogP contribution >= 0.6 is 0 Å². The molecule has 2 rings (SSSR count). The van der Waals surface area contributed by atoms with E-state index in [0.29, 0.717) is 0 Å². The summed E-state index contributed by atoms with van der Waals surface area (Å²) in [6, 6.07) is 18.3. The van der Waals surface area contributed by atoms with E-state index in [1.165, 1.54) is 5.56 Å². The first-order valence-electron chi connectivity index (χ1n) is 6.47. The number of carbonyl (C=O) groups is 1. The largest absolute Gasteiger partial charge is 0.378 e. The fraction of sp³-hybridized carbons (Fsp3) is 0.235. The first-order valence-corrected chi connectivity index (χ1v) is 6.47. The van der Waals surface area contributed by atoms with Crippen molar-refractivity contribution >= 4 is 12.0 Å². The van der Waals surface area contributed by atoms with Crippen molar-refractivity contribution in [2.45, 2.75) is 12.3 Å². The number of benzene rings is 2. The Kier molecular flexibility index (Phi) is 4.35. The summed E-state index contributed by atoms with van der Waals surface area (Å²) in [5.41, 5.74) is 3.41. The highest BCUT2D eigenvalue weighted by atomic mass is 16.1. The second-order valence-electron chi connectivity index (χ2n) is 4.92. The zero-order valence-corrected chi connectivity index (χ0v) is 11.4. The summed E-state index contributed by atoms with van der Waals surface area (Å²) in [4.78, 5) is 13.4. The highest BCUT2D eigenvalue weighted by Crippen LogP contribution is 2.21. The zero-order valence-electron chi connectivity index (χ0n) is 11.4. The van der Waals surface area contributed by atoms with E-state index in [0.717, 1.165) is 24.0 Å². The molecule has 2 aromatic rings. The first kappa shape index (κ1) is 13.3. The predicted octanol–water partition coefficient (Wildman–Crippen LogP) is 3.28. The SMILES string of the molecule is CN(C)c1ccc(C(C=O)Cc2ccccc2)cc1. The van der Waals surface area contributed by atoms with Crippen LogP contribution in [-0.4, -0.2) is 20.4 Å². The summed E-state index contributed by atoms with van der Waals surface area (Å²) in [5.74, 6) is -0.0707. The van der Waals surface area contributed by atoms with Crippen LogP contribution in [0.1, 0.15) is 17.0 Å². The average molecular weight is 253 g/mol. The molecule has 0 radical (unpaired) electrons. The van der Waals surface area contributed by atoms with Gasteiger partial charge in [-0.25, -0.2) is 0 Å². The summed E-state index contributed by atoms with van der Waals surface area (Å²) in [7, 11) is 4.02. The van der Waals surface area contributed by atoms with E-state index in [2.05, 4.69) is 29.2 Å². The number of rotatable bonds is 5. The van der Waals surface area contributed by atoms with Gasteiger partial charge in [-0.15, -0.1) is 0 Å². The van der Waals surface area contributed by atoms with Gasteiger partial charge in [-0.3, -0.25) is 0 Å². The molecular formula is C17H19NO. The van der Waals surface area contributed by atoms with E-state index in [-0.39, 0.29) is 5.92 Å². The molecular weight excluding hydrogens is 234 g/mol. The Morgan fingerprint density at radius 1 is 1.00 bits per heavy atom. The van der Waals surface area contributed by atoms with Crippen molar-refractivity contribution < 1.29 is 4.79 Å². The molecule has 0 aliphatic heterocycles. The summed E-state index contributed by atoms with van der Waals surface area (Å²) < 4.78 is 0. The molecule has 0 N–H and O–H groups in total. The van der Waals surface area contributed by atoms with Crippen molar-refractivity contribution in [1.82, 2.24) is 0 Å². The fourth-order valence-electron chi connectivity index (χ4n) is 2.13. The standard InChI is InChI=1S/C17H19NO/c1-18(2)17-10-8-15(9-11-17)16(13-19)12-14-6-4-3-5-7-14/h3-11,13,16H,12H2,1-2H3. The van der Waals surface area contributed by atoms with Gasteiger partial charge in [0, 0.05) is 25.7 Å². The molecule has 98 valence electrons. The molecule has 1 atom stereocenters. The van der Waals surface area contributed by atoms with Crippen molar-refractivity contribution in [2.75, 3.05) is 19.0 Å². The zero-order chi connectivity index (χ0) is 13.7. The Morgan fingerprint density at radius 2 is 1.63 bits per heavy atom. The molecule has 0 amide bonds. The monoisotopic (exact) mass is 253 g/mol. The molecule has 0 bridgehead atoms. The van der Waals surface area contributed by atoms with Crippen molar-refractivity contribution in [3.8, 4) is 0 Å². The third kappa shape index (κ3) is 3.44. The highest BCUT2D eigenvalue weighted by molar-refractivity contribution is 5.64. The van der Waals surface area contributed by atoms with Crippen LogP contribution in [0.5, 0.6) is 0 Å². The molecule has 2 heteroatoms. The van der Waals surface area contributed by atoms with Gasteiger partial charge < -0.3 is 9.69 Å². The van der Waals surface area contributed by atoms with E-state index in [9.17, 15) is 4.79 Å². The van der Waals surface area contributed by atoms with E-state index in [1.807, 2.05) is 44.4 Å². The van der Waals surface area contributed by atoms with E-state index in [4.69, 9.17) is 0 Å². The molecule has 0 aromatic heterocycles. The molecule has 0 spiro atoms. The van der Waals surface area contributed by atoms with Crippen LogP contribution in [0.2, 0.25) is 0 Å². The number of aldehydes is 1. The van der Waals surface area contributed by atoms with Gasteiger partial charge in [-0.2, -0.15) is 0 Å². The van der Waals surface area contributed by atoms with Gasteiger partial charge in [0.15, 0.2) is 0 Å². The Labute approximate surface area is 114 Å². The third-order valence-electron chi connectivity index (χ3n) is 3.30. The van der Waals surface area contributed by atoms with E-state index in [1.54, 1.807) is 0 Å². The average Bonchev–Trinajstić information content (AvgIpc) is 2.46. The van der Waals surface area contributed by atoms with E-state index >= 15 is 0 Å². The molecule has 1 unspecified atom stereocenters. The van der Waals surface area contributed by atoms with Crippen LogP contribution in [0.15, 0.2) is 54.6 Å². The topological polar surface area (TPSA) is 20.3 Å². The molecule has 0 heterocycles. The Hall–Kier alpha value is -2.09. The van der Waals surface area contributed by atoms with Gasteiger partial charge in [0.1, 0.15) is 6.29 Å². The van der Waals surface area contributed by atoms with Crippen molar-refractivity contribution in [3.63, 3.8) is 0 Å². The predicted molar refractivity (Wildman–Crippen MR) is 79.7 cm³/mol. The van der Waals surface area contributed by atoms with Crippen molar-refractivity contribution in [2.24, 2.45) is 0 Å². The van der Waals surface area contributed by atoms with Gasteiger partial charge in [-0.05, 0) is 29.7 Å². The van der Waals surface area contributed by atoms with Crippen LogP contribution in [-0.2, 0) is 11.2 Å². The summed E-state index contributed by atoms with van der Waals surface area (Å²) in [6.45, 7) is 0. The molecule has 2 nitrogen and oxygen atoms in total. The molecule has 0 aliphatic rings. The van der Waals surface area contributed by atoms with Gasteiger partial charge >= 0.3 is 0 Å². The maximum Gasteiger partial charge on any atom is 0.127 e. The third-order valence-corrected chi connectivity index (χ3v) is 3.30. The van der Waals surface area contributed by atoms with Crippen LogP contribution < -0.4 is 4.90 Å². The molecule has 19 heavy (non-hydrogen) atoms. The normalized spacial score (nSPS) is 11.9. The summed E-state index contributed by atoms with van der Waals surface area (Å²) >= 11 is 0. The smallest absolute Gasteiger partial charge is 0.127 e. The van der Waals surface area contributed by atoms with Gasteiger partial charge in [0.25, 0.3) is 0 Å². The maximum absolute atomic E-state index is 11.3. The quantitative estimate of drug-likeness (QED) is 0.762. The minimum absolute atomic E-state index is 0.0707. The Morgan fingerprint density at radius 3 is 2.16 bits per heavy atom. The summed E-state index contributed by atoms with van der Waals surface area (Å²) in [6.07, 6.45) is 1.79. The van der Waals surface area contributed by atoms with Gasteiger partial charge in [-0.1, -0.05) is 42.5 Å². The lowest BCUT2D eigenvalue weighted by molar-refractivity contribution is -0.109. The van der Waals surface area contributed by atoms with Crippen molar-refractivity contribution in [3.05, 3.63) is 65.7 Å². The number of anilines is 1. The molecule has 2 aromatic carbocycles. The van der Waals surface area contributed by atoms with Crippen LogP contribution in [0.3, 0.4) is 0 Å². The van der Waals surface area contributed by atoms with Crippen LogP contribution in [0, 0.1) is 0 Å². The molecule has 0 saturated carbocycles. The first-order chi connectivity index (χ1) is 9.20. The number of hydrogen-bond donors (Lipinski definition) is 0. The summed E-state index contributed by atoms with van der Waals surface area (Å²) in [5, 5.41) is 0. The molecule has 0 fully saturated rings. The molecule has 0 aliphatic carbocycles. The highest BCUT2D eigenvalue weighted by Gasteiger charge is 2.11. The Bertz CT molecular complexity index is 517. The van der Waals surface area contributed by atoms with Crippen LogP contribution in [0.4, 0.5) is 5.69 Å². The Balaban J connectivity index is 2.15. The lowest BCUT2D eigenvalue weighted by atomic mass is 9.93. The second kappa shape index (κ2) is 6.19.